The number of fused-ring (bicyclic) bond motifs is 1. The summed E-state index contributed by atoms with van der Waals surface area (Å²) in [4.78, 5) is 4.21. The fourth-order valence-corrected chi connectivity index (χ4v) is 2.24. The minimum absolute atomic E-state index is 0.286. The van der Waals surface area contributed by atoms with Gasteiger partial charge in [-0.3, -0.25) is 0 Å². The van der Waals surface area contributed by atoms with Crippen LogP contribution in [0.15, 0.2) is 22.7 Å². The van der Waals surface area contributed by atoms with Gasteiger partial charge < -0.3 is 4.52 Å². The van der Waals surface area contributed by atoms with Crippen molar-refractivity contribution in [3.8, 4) is 11.5 Å². The highest BCUT2D eigenvalue weighted by Gasteiger charge is 2.14. The Kier molecular flexibility index (Phi) is 2.40. The van der Waals surface area contributed by atoms with E-state index in [1.165, 1.54) is 24.0 Å². The van der Waals surface area contributed by atoms with Crippen LogP contribution in [-0.2, 0) is 18.7 Å². The minimum Gasteiger partial charge on any atom is -0.334 e. The van der Waals surface area contributed by atoms with Crippen LogP contribution in [0, 0.1) is 0 Å². The predicted molar refractivity (Wildman–Crippen MR) is 61.3 cm³/mol. The van der Waals surface area contributed by atoms with E-state index in [0.717, 1.165) is 12.0 Å². The van der Waals surface area contributed by atoms with Gasteiger partial charge in [0.05, 0.1) is 5.88 Å². The molecule has 4 heteroatoms. The molecule has 0 unspecified atom stereocenters. The third-order valence-electron chi connectivity index (χ3n) is 2.93. The molecule has 0 spiro atoms. The average molecular weight is 235 g/mol. The zero-order valence-electron chi connectivity index (χ0n) is 8.74. The summed E-state index contributed by atoms with van der Waals surface area (Å²) in [6.07, 6.45) is 3.58. The Hall–Kier alpha value is -1.35. The predicted octanol–water partition coefficient (Wildman–Crippen LogP) is 2.96. The number of halogens is 1. The van der Waals surface area contributed by atoms with Crippen LogP contribution in [0.2, 0.25) is 0 Å². The molecular formula is C12H11ClN2O. The van der Waals surface area contributed by atoms with Gasteiger partial charge in [-0.2, -0.15) is 4.98 Å². The van der Waals surface area contributed by atoms with Crippen LogP contribution in [0.25, 0.3) is 11.5 Å². The molecule has 0 bridgehead atoms. The molecule has 0 fully saturated rings. The molecule has 0 aliphatic heterocycles. The number of rotatable bonds is 2. The van der Waals surface area contributed by atoms with Crippen molar-refractivity contribution >= 4 is 11.6 Å². The van der Waals surface area contributed by atoms with Crippen molar-refractivity contribution in [1.82, 2.24) is 10.1 Å². The number of aryl methyl sites for hydroxylation is 2. The second-order valence-electron chi connectivity index (χ2n) is 3.99. The van der Waals surface area contributed by atoms with Crippen LogP contribution in [0.4, 0.5) is 0 Å². The number of hydrogen-bond acceptors (Lipinski definition) is 3. The molecule has 1 aliphatic rings. The van der Waals surface area contributed by atoms with E-state index in [1.807, 2.05) is 6.07 Å². The number of nitrogens with zero attached hydrogens (tertiary/aromatic N) is 2. The molecule has 3 rings (SSSR count). The lowest BCUT2D eigenvalue weighted by Crippen LogP contribution is -1.85. The van der Waals surface area contributed by atoms with Crippen LogP contribution in [0.3, 0.4) is 0 Å². The fourth-order valence-electron chi connectivity index (χ4n) is 2.13. The first-order valence-corrected chi connectivity index (χ1v) is 5.91. The van der Waals surface area contributed by atoms with Crippen molar-refractivity contribution in [3.05, 3.63) is 35.2 Å². The number of hydrogen-bond donors (Lipinski definition) is 0. The zero-order chi connectivity index (χ0) is 11.0. The zero-order valence-corrected chi connectivity index (χ0v) is 9.50. The summed E-state index contributed by atoms with van der Waals surface area (Å²) >= 11 is 5.64. The number of aromatic nitrogens is 2. The van der Waals surface area contributed by atoms with E-state index < -0.39 is 0 Å². The molecule has 1 aromatic carbocycles. The molecule has 1 aromatic heterocycles. The molecule has 3 nitrogen and oxygen atoms in total. The maximum atomic E-state index is 5.64. The van der Waals surface area contributed by atoms with Crippen LogP contribution in [0.1, 0.15) is 23.4 Å². The monoisotopic (exact) mass is 234 g/mol. The van der Waals surface area contributed by atoms with Gasteiger partial charge in [0.1, 0.15) is 0 Å². The summed E-state index contributed by atoms with van der Waals surface area (Å²) in [6.45, 7) is 0. The normalized spacial score (nSPS) is 14.1. The second-order valence-corrected chi connectivity index (χ2v) is 4.25. The Bertz CT molecular complexity index is 521. The summed E-state index contributed by atoms with van der Waals surface area (Å²) in [5.41, 5.74) is 3.84. The van der Waals surface area contributed by atoms with Crippen molar-refractivity contribution in [2.45, 2.75) is 25.1 Å². The van der Waals surface area contributed by atoms with E-state index in [2.05, 4.69) is 22.3 Å². The van der Waals surface area contributed by atoms with Crippen LogP contribution in [-0.4, -0.2) is 10.1 Å². The van der Waals surface area contributed by atoms with Crippen molar-refractivity contribution in [1.29, 1.82) is 0 Å². The van der Waals surface area contributed by atoms with E-state index in [0.29, 0.717) is 11.7 Å². The van der Waals surface area contributed by atoms with Crippen LogP contribution in [0.5, 0.6) is 0 Å². The van der Waals surface area contributed by atoms with Gasteiger partial charge in [0, 0.05) is 5.56 Å². The molecule has 1 heterocycles. The van der Waals surface area contributed by atoms with E-state index >= 15 is 0 Å². The Labute approximate surface area is 98.4 Å². The topological polar surface area (TPSA) is 38.9 Å². The highest BCUT2D eigenvalue weighted by atomic mass is 35.5. The molecule has 0 saturated heterocycles. The lowest BCUT2D eigenvalue weighted by atomic mass is 10.1. The van der Waals surface area contributed by atoms with E-state index in [4.69, 9.17) is 16.1 Å². The molecular weight excluding hydrogens is 224 g/mol. The highest BCUT2D eigenvalue weighted by Crippen LogP contribution is 2.27. The Morgan fingerprint density at radius 3 is 2.94 bits per heavy atom. The maximum absolute atomic E-state index is 5.64. The van der Waals surface area contributed by atoms with Gasteiger partial charge in [0.15, 0.2) is 5.82 Å². The van der Waals surface area contributed by atoms with Gasteiger partial charge >= 0.3 is 0 Å². The first-order valence-electron chi connectivity index (χ1n) is 5.37. The summed E-state index contributed by atoms with van der Waals surface area (Å²) in [6, 6.07) is 6.34. The molecule has 1 aliphatic carbocycles. The van der Waals surface area contributed by atoms with Gasteiger partial charge in [-0.15, -0.1) is 11.6 Å². The molecule has 0 saturated carbocycles. The summed E-state index contributed by atoms with van der Waals surface area (Å²) in [5.74, 6) is 1.39. The molecule has 0 amide bonds. The first-order chi connectivity index (χ1) is 7.86. The van der Waals surface area contributed by atoms with Crippen LogP contribution >= 0.6 is 11.6 Å². The maximum Gasteiger partial charge on any atom is 0.257 e. The largest absolute Gasteiger partial charge is 0.334 e. The molecule has 0 atom stereocenters. The van der Waals surface area contributed by atoms with Gasteiger partial charge in [0.2, 0.25) is 0 Å². The summed E-state index contributed by atoms with van der Waals surface area (Å²) in [7, 11) is 0. The minimum atomic E-state index is 0.286. The third-order valence-corrected chi connectivity index (χ3v) is 3.17. The lowest BCUT2D eigenvalue weighted by Gasteiger charge is -2.00. The van der Waals surface area contributed by atoms with E-state index in [-0.39, 0.29) is 5.88 Å². The molecule has 2 aromatic rings. The molecule has 16 heavy (non-hydrogen) atoms. The average Bonchev–Trinajstić information content (AvgIpc) is 2.96. The quantitative estimate of drug-likeness (QED) is 0.750. The van der Waals surface area contributed by atoms with Crippen molar-refractivity contribution in [3.63, 3.8) is 0 Å². The summed E-state index contributed by atoms with van der Waals surface area (Å²) in [5, 5.41) is 3.79. The van der Waals surface area contributed by atoms with E-state index in [9.17, 15) is 0 Å². The smallest absolute Gasteiger partial charge is 0.257 e. The molecule has 0 radical (unpaired) electrons. The third kappa shape index (κ3) is 1.61. The Balaban J connectivity index is 2.00. The molecule has 0 N–H and O–H groups in total. The van der Waals surface area contributed by atoms with Gasteiger partial charge in [-0.1, -0.05) is 11.2 Å². The number of benzene rings is 1. The fraction of sp³-hybridized carbons (Fsp3) is 0.333. The summed E-state index contributed by atoms with van der Waals surface area (Å²) < 4.78 is 5.16. The SMILES string of the molecule is ClCc1noc(-c2ccc3c(c2)CCC3)n1. The second kappa shape index (κ2) is 3.91. The highest BCUT2D eigenvalue weighted by molar-refractivity contribution is 6.16. The van der Waals surface area contributed by atoms with Crippen molar-refractivity contribution < 1.29 is 4.52 Å². The standard InChI is InChI=1S/C12H11ClN2O/c13-7-11-14-12(16-15-11)10-5-4-8-2-1-3-9(8)6-10/h4-6H,1-3,7H2. The first kappa shape index (κ1) is 9.85. The number of alkyl halides is 1. The van der Waals surface area contributed by atoms with Crippen molar-refractivity contribution in [2.75, 3.05) is 0 Å². The van der Waals surface area contributed by atoms with E-state index in [1.54, 1.807) is 0 Å². The van der Waals surface area contributed by atoms with Crippen LogP contribution < -0.4 is 0 Å². The van der Waals surface area contributed by atoms with Gasteiger partial charge in [0.25, 0.3) is 5.89 Å². The van der Waals surface area contributed by atoms with Gasteiger partial charge in [-0.25, -0.2) is 0 Å². The van der Waals surface area contributed by atoms with Crippen molar-refractivity contribution in [2.24, 2.45) is 0 Å². The lowest BCUT2D eigenvalue weighted by molar-refractivity contribution is 0.425. The molecule has 82 valence electrons. The van der Waals surface area contributed by atoms with Gasteiger partial charge in [-0.05, 0) is 42.5 Å². The Morgan fingerprint density at radius 2 is 2.12 bits per heavy atom. The Morgan fingerprint density at radius 1 is 1.25 bits per heavy atom.